The molecule has 1 aliphatic rings. The molecule has 4 rings (SSSR count). The number of carbonyl (C=O) groups is 2. The SMILES string of the molecule is O=C(CC[NH+]1CCN(c2ccccc2)CC1)NNC(=O)c1cccc2ccccc12. The number of nitrogens with one attached hydrogen (secondary N) is 3. The average molecular weight is 404 g/mol. The number of anilines is 1. The van der Waals surface area contributed by atoms with Crippen LogP contribution in [0.4, 0.5) is 5.69 Å². The Morgan fingerprint density at radius 2 is 1.53 bits per heavy atom. The van der Waals surface area contributed by atoms with Gasteiger partial charge in [0, 0.05) is 11.3 Å². The Labute approximate surface area is 176 Å². The van der Waals surface area contributed by atoms with Crippen LogP contribution in [0.1, 0.15) is 16.8 Å². The molecule has 0 unspecified atom stereocenters. The summed E-state index contributed by atoms with van der Waals surface area (Å²) in [6.07, 6.45) is 0.385. The second-order valence-electron chi connectivity index (χ2n) is 7.60. The highest BCUT2D eigenvalue weighted by molar-refractivity contribution is 6.07. The van der Waals surface area contributed by atoms with Crippen LogP contribution in [0.15, 0.2) is 72.8 Å². The fourth-order valence-electron chi connectivity index (χ4n) is 3.94. The van der Waals surface area contributed by atoms with Gasteiger partial charge in [0.25, 0.3) is 5.91 Å². The number of nitrogens with zero attached hydrogens (tertiary/aromatic N) is 1. The maximum atomic E-state index is 12.5. The highest BCUT2D eigenvalue weighted by atomic mass is 16.2. The van der Waals surface area contributed by atoms with Crippen LogP contribution >= 0.6 is 0 Å². The summed E-state index contributed by atoms with van der Waals surface area (Å²) in [4.78, 5) is 28.5. The molecule has 3 aromatic carbocycles. The molecule has 1 saturated heterocycles. The molecular weight excluding hydrogens is 376 g/mol. The molecule has 0 bridgehead atoms. The Bertz CT molecular complexity index is 1010. The first-order chi connectivity index (χ1) is 14.7. The van der Waals surface area contributed by atoms with Crippen LogP contribution in [0.3, 0.4) is 0 Å². The van der Waals surface area contributed by atoms with E-state index in [1.54, 1.807) is 6.07 Å². The third kappa shape index (κ3) is 4.78. The standard InChI is InChI=1S/C24H26N4O2/c29-23(13-14-27-15-17-28(18-16-27)20-9-2-1-3-10-20)25-26-24(30)22-12-6-8-19-7-4-5-11-21(19)22/h1-12H,13-18H2,(H,25,29)(H,26,30)/p+1. The number of amides is 2. The van der Waals surface area contributed by atoms with Crippen LogP contribution in [-0.4, -0.2) is 44.5 Å². The number of fused-ring (bicyclic) bond motifs is 1. The molecule has 6 heteroatoms. The van der Waals surface area contributed by atoms with Crippen molar-refractivity contribution in [2.24, 2.45) is 0 Å². The smallest absolute Gasteiger partial charge is 0.270 e. The van der Waals surface area contributed by atoms with E-state index in [0.29, 0.717) is 12.0 Å². The van der Waals surface area contributed by atoms with E-state index in [1.165, 1.54) is 10.6 Å². The summed E-state index contributed by atoms with van der Waals surface area (Å²) in [5, 5.41) is 1.86. The molecule has 0 atom stereocenters. The third-order valence-corrected chi connectivity index (χ3v) is 5.65. The number of quaternary nitrogens is 1. The van der Waals surface area contributed by atoms with Crippen LogP contribution in [0.2, 0.25) is 0 Å². The fourth-order valence-corrected chi connectivity index (χ4v) is 3.94. The Morgan fingerprint density at radius 1 is 0.833 bits per heavy atom. The van der Waals surface area contributed by atoms with Gasteiger partial charge in [0.15, 0.2) is 0 Å². The predicted molar refractivity (Wildman–Crippen MR) is 118 cm³/mol. The van der Waals surface area contributed by atoms with Crippen molar-refractivity contribution in [3.63, 3.8) is 0 Å². The van der Waals surface area contributed by atoms with Crippen molar-refractivity contribution < 1.29 is 14.5 Å². The maximum absolute atomic E-state index is 12.5. The molecule has 0 radical (unpaired) electrons. The van der Waals surface area contributed by atoms with Crippen LogP contribution in [0.5, 0.6) is 0 Å². The van der Waals surface area contributed by atoms with Gasteiger partial charge >= 0.3 is 0 Å². The average Bonchev–Trinajstić information content (AvgIpc) is 2.81. The fraction of sp³-hybridized carbons (Fsp3) is 0.250. The molecule has 2 amide bonds. The van der Waals surface area contributed by atoms with Gasteiger partial charge in [-0.15, -0.1) is 0 Å². The van der Waals surface area contributed by atoms with Crippen molar-refractivity contribution in [1.29, 1.82) is 0 Å². The van der Waals surface area contributed by atoms with E-state index in [2.05, 4.69) is 40.0 Å². The molecule has 3 aromatic rings. The second-order valence-corrected chi connectivity index (χ2v) is 7.60. The molecule has 154 valence electrons. The van der Waals surface area contributed by atoms with Crippen molar-refractivity contribution in [3.05, 3.63) is 78.4 Å². The molecular formula is C24H27N4O2+. The highest BCUT2D eigenvalue weighted by Crippen LogP contribution is 2.18. The minimum atomic E-state index is -0.302. The summed E-state index contributed by atoms with van der Waals surface area (Å²) in [5.74, 6) is -0.467. The lowest BCUT2D eigenvalue weighted by Gasteiger charge is -2.33. The highest BCUT2D eigenvalue weighted by Gasteiger charge is 2.20. The van der Waals surface area contributed by atoms with Crippen molar-refractivity contribution in [3.8, 4) is 0 Å². The first-order valence-electron chi connectivity index (χ1n) is 10.4. The van der Waals surface area contributed by atoms with Gasteiger partial charge in [0.1, 0.15) is 0 Å². The van der Waals surface area contributed by atoms with Crippen LogP contribution in [-0.2, 0) is 4.79 Å². The number of benzene rings is 3. The molecule has 30 heavy (non-hydrogen) atoms. The number of hydrogen-bond acceptors (Lipinski definition) is 3. The topological polar surface area (TPSA) is 65.9 Å². The molecule has 6 nitrogen and oxygen atoms in total. The van der Waals surface area contributed by atoms with Gasteiger partial charge in [0.2, 0.25) is 5.91 Å². The summed E-state index contributed by atoms with van der Waals surface area (Å²) >= 11 is 0. The zero-order chi connectivity index (χ0) is 20.8. The summed E-state index contributed by atoms with van der Waals surface area (Å²) in [6, 6.07) is 23.7. The molecule has 1 fully saturated rings. The quantitative estimate of drug-likeness (QED) is 0.564. The van der Waals surface area contributed by atoms with Crippen molar-refractivity contribution in [2.75, 3.05) is 37.6 Å². The molecule has 1 heterocycles. The molecule has 3 N–H and O–H groups in total. The maximum Gasteiger partial charge on any atom is 0.270 e. The van der Waals surface area contributed by atoms with Crippen molar-refractivity contribution in [2.45, 2.75) is 6.42 Å². The first kappa shape index (κ1) is 19.9. The molecule has 1 aliphatic heterocycles. The summed E-state index contributed by atoms with van der Waals surface area (Å²) < 4.78 is 0. The number of rotatable bonds is 5. The van der Waals surface area contributed by atoms with E-state index in [-0.39, 0.29) is 11.8 Å². The van der Waals surface area contributed by atoms with Crippen molar-refractivity contribution in [1.82, 2.24) is 10.9 Å². The van der Waals surface area contributed by atoms with E-state index in [1.807, 2.05) is 42.5 Å². The van der Waals surface area contributed by atoms with E-state index in [9.17, 15) is 9.59 Å². The Balaban J connectivity index is 1.21. The third-order valence-electron chi connectivity index (χ3n) is 5.65. The number of carbonyl (C=O) groups excluding carboxylic acids is 2. The monoisotopic (exact) mass is 403 g/mol. The zero-order valence-corrected chi connectivity index (χ0v) is 16.9. The molecule has 0 aliphatic carbocycles. The number of piperazine rings is 1. The van der Waals surface area contributed by atoms with Gasteiger partial charge in [-0.05, 0) is 29.0 Å². The molecule has 0 spiro atoms. The summed E-state index contributed by atoms with van der Waals surface area (Å²) in [6.45, 7) is 4.74. The Morgan fingerprint density at radius 3 is 2.33 bits per heavy atom. The number of hydrogen-bond donors (Lipinski definition) is 3. The number of hydrazine groups is 1. The lowest BCUT2D eigenvalue weighted by Crippen LogP contribution is -3.15. The van der Waals surface area contributed by atoms with E-state index in [0.717, 1.165) is 43.5 Å². The molecule has 0 aromatic heterocycles. The normalized spacial score (nSPS) is 14.5. The van der Waals surface area contributed by atoms with Crippen LogP contribution < -0.4 is 20.7 Å². The number of para-hydroxylation sites is 1. The van der Waals surface area contributed by atoms with Gasteiger partial charge in [-0.2, -0.15) is 0 Å². The van der Waals surface area contributed by atoms with E-state index in [4.69, 9.17) is 0 Å². The minimum Gasteiger partial charge on any atom is -0.360 e. The predicted octanol–water partition coefficient (Wildman–Crippen LogP) is 1.40. The second kappa shape index (κ2) is 9.41. The van der Waals surface area contributed by atoms with E-state index < -0.39 is 0 Å². The van der Waals surface area contributed by atoms with Crippen LogP contribution in [0, 0.1) is 0 Å². The zero-order valence-electron chi connectivity index (χ0n) is 16.9. The Hall–Kier alpha value is -3.38. The lowest BCUT2D eigenvalue weighted by molar-refractivity contribution is -0.900. The van der Waals surface area contributed by atoms with Gasteiger partial charge < -0.3 is 9.80 Å². The lowest BCUT2D eigenvalue weighted by atomic mass is 10.0. The summed E-state index contributed by atoms with van der Waals surface area (Å²) in [5.41, 5.74) is 6.92. The van der Waals surface area contributed by atoms with E-state index >= 15 is 0 Å². The summed E-state index contributed by atoms with van der Waals surface area (Å²) in [7, 11) is 0. The van der Waals surface area contributed by atoms with Gasteiger partial charge in [-0.3, -0.25) is 20.4 Å². The van der Waals surface area contributed by atoms with Gasteiger partial charge in [-0.1, -0.05) is 54.6 Å². The van der Waals surface area contributed by atoms with Gasteiger partial charge in [-0.25, -0.2) is 0 Å². The Kier molecular flexibility index (Phi) is 6.25. The molecule has 0 saturated carbocycles. The van der Waals surface area contributed by atoms with Crippen molar-refractivity contribution >= 4 is 28.3 Å². The minimum absolute atomic E-state index is 0.165. The first-order valence-corrected chi connectivity index (χ1v) is 10.4. The van der Waals surface area contributed by atoms with Crippen LogP contribution in [0.25, 0.3) is 10.8 Å². The van der Waals surface area contributed by atoms with Gasteiger partial charge in [0.05, 0.1) is 39.1 Å². The largest absolute Gasteiger partial charge is 0.360 e.